The van der Waals surface area contributed by atoms with E-state index in [2.05, 4.69) is 72.1 Å². The molecule has 0 radical (unpaired) electrons. The third-order valence-corrected chi connectivity index (χ3v) is 8.13. The van der Waals surface area contributed by atoms with Crippen molar-refractivity contribution in [2.75, 3.05) is 10.2 Å². The van der Waals surface area contributed by atoms with E-state index in [-0.39, 0.29) is 23.9 Å². The lowest BCUT2D eigenvalue weighted by atomic mass is 9.96. The van der Waals surface area contributed by atoms with E-state index in [0.29, 0.717) is 15.8 Å². The van der Waals surface area contributed by atoms with Crippen LogP contribution < -0.4 is 15.5 Å². The van der Waals surface area contributed by atoms with E-state index in [1.165, 1.54) is 16.8 Å². The number of aryl methyl sites for hydroxylation is 3. The van der Waals surface area contributed by atoms with Gasteiger partial charge in [-0.3, -0.25) is 9.78 Å². The molecule has 0 aliphatic carbocycles. The Kier molecular flexibility index (Phi) is 7.71. The molecule has 2 aromatic heterocycles. The highest BCUT2D eigenvalue weighted by Gasteiger charge is 2.42. The summed E-state index contributed by atoms with van der Waals surface area (Å²) in [5, 5.41) is 7.49. The first-order chi connectivity index (χ1) is 19.1. The molecule has 1 aliphatic rings. The summed E-state index contributed by atoms with van der Waals surface area (Å²) in [4.78, 5) is 19.1. The molecule has 40 heavy (non-hydrogen) atoms. The maximum atomic E-state index is 12.3. The number of hydrogen-bond donors (Lipinski definition) is 2. The van der Waals surface area contributed by atoms with Crippen LogP contribution in [-0.2, 0) is 4.79 Å². The van der Waals surface area contributed by atoms with Crippen LogP contribution in [0.1, 0.15) is 59.7 Å². The second-order valence-electron chi connectivity index (χ2n) is 10.8. The molecule has 0 saturated carbocycles. The van der Waals surface area contributed by atoms with E-state index in [9.17, 15) is 4.79 Å². The lowest BCUT2D eigenvalue weighted by molar-refractivity contribution is -0.118. The number of nitrogens with zero attached hydrogens (tertiary/aromatic N) is 3. The maximum absolute atomic E-state index is 12.3. The third-order valence-electron chi connectivity index (χ3n) is 7.51. The van der Waals surface area contributed by atoms with Crippen molar-refractivity contribution in [2.24, 2.45) is 5.92 Å². The van der Waals surface area contributed by atoms with Crippen molar-refractivity contribution < 1.29 is 4.79 Å². The van der Waals surface area contributed by atoms with Crippen molar-refractivity contribution >= 4 is 46.2 Å². The summed E-state index contributed by atoms with van der Waals surface area (Å²) in [7, 11) is 0. The average Bonchev–Trinajstić information content (AvgIpc) is 3.41. The zero-order valence-corrected chi connectivity index (χ0v) is 25.2. The SMILES string of the molecule is Cc1ccc(C)c(-n2c(C)cc(C3C(c4ccccn4)NC(=S)N3c3ccc(NC(=O)C(C)C)c(Cl)c3)c2C)c1. The van der Waals surface area contributed by atoms with Crippen molar-refractivity contribution in [3.8, 4) is 5.69 Å². The molecule has 2 aromatic carbocycles. The molecule has 5 rings (SSSR count). The monoisotopic (exact) mass is 571 g/mol. The summed E-state index contributed by atoms with van der Waals surface area (Å²) < 4.78 is 2.32. The summed E-state index contributed by atoms with van der Waals surface area (Å²) in [6.07, 6.45) is 1.81. The summed E-state index contributed by atoms with van der Waals surface area (Å²) >= 11 is 12.6. The highest BCUT2D eigenvalue weighted by atomic mass is 35.5. The van der Waals surface area contributed by atoms with Gasteiger partial charge >= 0.3 is 0 Å². The van der Waals surface area contributed by atoms with Crippen molar-refractivity contribution in [1.29, 1.82) is 0 Å². The first-order valence-electron chi connectivity index (χ1n) is 13.4. The van der Waals surface area contributed by atoms with E-state index in [0.717, 1.165) is 28.3 Å². The normalized spacial score (nSPS) is 16.9. The molecule has 2 atom stereocenters. The highest BCUT2D eigenvalue weighted by molar-refractivity contribution is 7.80. The van der Waals surface area contributed by atoms with Gasteiger partial charge in [0.15, 0.2) is 5.11 Å². The summed E-state index contributed by atoms with van der Waals surface area (Å²) in [5.74, 6) is -0.234. The molecule has 1 amide bonds. The Labute approximate surface area is 246 Å². The van der Waals surface area contributed by atoms with Gasteiger partial charge in [0.1, 0.15) is 0 Å². The van der Waals surface area contributed by atoms with Gasteiger partial charge in [0.25, 0.3) is 0 Å². The van der Waals surface area contributed by atoms with Crippen LogP contribution in [0.5, 0.6) is 0 Å². The number of amides is 1. The topological polar surface area (TPSA) is 62.2 Å². The van der Waals surface area contributed by atoms with Crippen LogP contribution in [0.2, 0.25) is 5.02 Å². The number of carbonyl (C=O) groups excluding carboxylic acids is 1. The predicted molar refractivity (Wildman–Crippen MR) is 168 cm³/mol. The number of anilines is 2. The van der Waals surface area contributed by atoms with Gasteiger partial charge in [0.05, 0.1) is 28.5 Å². The first-order valence-corrected chi connectivity index (χ1v) is 14.2. The van der Waals surface area contributed by atoms with E-state index >= 15 is 0 Å². The molecule has 6 nitrogen and oxygen atoms in total. The van der Waals surface area contributed by atoms with Gasteiger partial charge in [-0.05, 0) is 99.1 Å². The number of pyridine rings is 1. The average molecular weight is 572 g/mol. The van der Waals surface area contributed by atoms with Crippen LogP contribution in [0.15, 0.2) is 66.9 Å². The Morgan fingerprint density at radius 1 is 1.05 bits per heavy atom. The highest BCUT2D eigenvalue weighted by Crippen LogP contribution is 2.45. The number of nitrogens with one attached hydrogen (secondary N) is 2. The second kappa shape index (κ2) is 11.1. The number of rotatable bonds is 6. The molecule has 1 saturated heterocycles. The minimum absolute atomic E-state index is 0.0833. The molecule has 0 bridgehead atoms. The van der Waals surface area contributed by atoms with Gasteiger partial charge in [0.2, 0.25) is 5.91 Å². The molecular weight excluding hydrogens is 538 g/mol. The zero-order valence-electron chi connectivity index (χ0n) is 23.6. The summed E-state index contributed by atoms with van der Waals surface area (Å²) in [6, 6.07) is 20.0. The van der Waals surface area contributed by atoms with E-state index in [4.69, 9.17) is 28.8 Å². The third kappa shape index (κ3) is 5.11. The zero-order chi connectivity index (χ0) is 28.7. The minimum atomic E-state index is -0.181. The standard InChI is InChI=1S/C32H34ClN5OS/c1-18(2)31(39)35-26-13-12-23(17-25(26)33)38-30(29(36-32(38)40)27-9-7-8-14-34-27)24-16-21(5)37(22(24)6)28-15-19(3)10-11-20(28)4/h7-18,29-30H,1-6H3,(H,35,39)(H,36,40). The molecule has 1 aliphatic heterocycles. The molecule has 1 fully saturated rings. The first kappa shape index (κ1) is 27.9. The Balaban J connectivity index is 1.64. The molecule has 2 unspecified atom stereocenters. The van der Waals surface area contributed by atoms with Crippen LogP contribution in [0.4, 0.5) is 11.4 Å². The Morgan fingerprint density at radius 2 is 1.82 bits per heavy atom. The molecule has 206 valence electrons. The van der Waals surface area contributed by atoms with Gasteiger partial charge in [-0.25, -0.2) is 0 Å². The molecule has 3 heterocycles. The molecule has 4 aromatic rings. The molecule has 2 N–H and O–H groups in total. The quantitative estimate of drug-likeness (QED) is 0.234. The fourth-order valence-electron chi connectivity index (χ4n) is 5.40. The smallest absolute Gasteiger partial charge is 0.226 e. The second-order valence-corrected chi connectivity index (χ2v) is 11.6. The van der Waals surface area contributed by atoms with Gasteiger partial charge in [-0.1, -0.05) is 43.6 Å². The lowest BCUT2D eigenvalue weighted by Crippen LogP contribution is -2.29. The van der Waals surface area contributed by atoms with E-state index in [1.807, 2.05) is 56.4 Å². The predicted octanol–water partition coefficient (Wildman–Crippen LogP) is 7.53. The number of thiocarbonyl (C=S) groups is 1. The van der Waals surface area contributed by atoms with E-state index in [1.54, 1.807) is 0 Å². The number of benzene rings is 2. The van der Waals surface area contributed by atoms with Crippen LogP contribution in [-0.4, -0.2) is 20.6 Å². The van der Waals surface area contributed by atoms with Gasteiger partial charge in [-0.2, -0.15) is 0 Å². The number of carbonyl (C=O) groups is 1. The lowest BCUT2D eigenvalue weighted by Gasteiger charge is -2.28. The summed E-state index contributed by atoms with van der Waals surface area (Å²) in [5.41, 5.74) is 9.34. The van der Waals surface area contributed by atoms with Crippen molar-refractivity contribution in [2.45, 2.75) is 53.6 Å². The number of hydrogen-bond acceptors (Lipinski definition) is 3. The van der Waals surface area contributed by atoms with Gasteiger partial charge in [-0.15, -0.1) is 0 Å². The Bertz CT molecular complexity index is 1600. The fraction of sp³-hybridized carbons (Fsp3) is 0.281. The Hall–Kier alpha value is -3.68. The van der Waals surface area contributed by atoms with Gasteiger partial charge < -0.3 is 20.1 Å². The van der Waals surface area contributed by atoms with Crippen LogP contribution >= 0.6 is 23.8 Å². The van der Waals surface area contributed by atoms with E-state index < -0.39 is 0 Å². The number of halogens is 1. The van der Waals surface area contributed by atoms with Crippen LogP contribution in [0, 0.1) is 33.6 Å². The largest absolute Gasteiger partial charge is 0.351 e. The van der Waals surface area contributed by atoms with Crippen molar-refractivity contribution in [3.63, 3.8) is 0 Å². The molecule has 8 heteroatoms. The van der Waals surface area contributed by atoms with Crippen molar-refractivity contribution in [1.82, 2.24) is 14.9 Å². The van der Waals surface area contributed by atoms with Crippen LogP contribution in [0.3, 0.4) is 0 Å². The van der Waals surface area contributed by atoms with Crippen molar-refractivity contribution in [3.05, 3.63) is 106 Å². The molecule has 0 spiro atoms. The Morgan fingerprint density at radius 3 is 2.50 bits per heavy atom. The van der Waals surface area contributed by atoms with Gasteiger partial charge in [0, 0.05) is 34.9 Å². The summed E-state index contributed by atoms with van der Waals surface area (Å²) in [6.45, 7) is 12.3. The fourth-order valence-corrected chi connectivity index (χ4v) is 5.97. The van der Waals surface area contributed by atoms with Crippen LogP contribution in [0.25, 0.3) is 5.69 Å². The number of aromatic nitrogens is 2. The minimum Gasteiger partial charge on any atom is -0.351 e. The molecular formula is C32H34ClN5OS. The maximum Gasteiger partial charge on any atom is 0.226 e.